The van der Waals surface area contributed by atoms with E-state index in [1.165, 1.54) is 5.56 Å². The maximum absolute atomic E-state index is 9.15. The molecule has 4 N–H and O–H groups in total. The summed E-state index contributed by atoms with van der Waals surface area (Å²) in [5, 5.41) is 12.3. The van der Waals surface area contributed by atoms with Gasteiger partial charge in [-0.2, -0.15) is 0 Å². The number of aliphatic hydroxyl groups is 1. The van der Waals surface area contributed by atoms with Crippen LogP contribution in [0.25, 0.3) is 0 Å². The van der Waals surface area contributed by atoms with Crippen LogP contribution in [0.15, 0.2) is 29.3 Å². The molecule has 0 saturated heterocycles. The van der Waals surface area contributed by atoms with E-state index in [4.69, 9.17) is 10.8 Å². The van der Waals surface area contributed by atoms with Crippen molar-refractivity contribution >= 4 is 11.6 Å². The first-order chi connectivity index (χ1) is 11.0. The standard InChI is InChI=1S/C19H33N3O/c1-5-15(4)17-6-8-18(9-7-17)22-19(20)21-13-16(10-11-23)12-14(2)3/h6-9,14-16,23H,5,10-13H2,1-4H3,(H3,20,21,22). The second-order valence-electron chi connectivity index (χ2n) is 6.79. The minimum Gasteiger partial charge on any atom is -0.396 e. The zero-order valence-electron chi connectivity index (χ0n) is 15.0. The Balaban J connectivity index is 2.58. The van der Waals surface area contributed by atoms with E-state index >= 15 is 0 Å². The topological polar surface area (TPSA) is 70.6 Å². The molecule has 0 spiro atoms. The number of rotatable bonds is 9. The maximum Gasteiger partial charge on any atom is 0.193 e. The van der Waals surface area contributed by atoms with Gasteiger partial charge in [0.2, 0.25) is 0 Å². The van der Waals surface area contributed by atoms with E-state index in [0.29, 0.717) is 30.3 Å². The number of hydrogen-bond donors (Lipinski definition) is 3. The van der Waals surface area contributed by atoms with Gasteiger partial charge < -0.3 is 16.2 Å². The van der Waals surface area contributed by atoms with Crippen LogP contribution in [0.2, 0.25) is 0 Å². The number of guanidine groups is 1. The van der Waals surface area contributed by atoms with E-state index in [9.17, 15) is 0 Å². The summed E-state index contributed by atoms with van der Waals surface area (Å²) >= 11 is 0. The summed E-state index contributed by atoms with van der Waals surface area (Å²) in [7, 11) is 0. The molecule has 1 rings (SSSR count). The van der Waals surface area contributed by atoms with E-state index in [1.54, 1.807) is 0 Å². The normalized spacial score (nSPS) is 14.8. The van der Waals surface area contributed by atoms with Crippen molar-refractivity contribution in [3.05, 3.63) is 29.8 Å². The van der Waals surface area contributed by atoms with E-state index in [1.807, 2.05) is 12.1 Å². The van der Waals surface area contributed by atoms with Crippen molar-refractivity contribution in [3.8, 4) is 0 Å². The number of aliphatic hydroxyl groups excluding tert-OH is 1. The number of nitrogens with one attached hydrogen (secondary N) is 1. The Morgan fingerprint density at radius 3 is 2.39 bits per heavy atom. The summed E-state index contributed by atoms with van der Waals surface area (Å²) in [6, 6.07) is 8.36. The lowest BCUT2D eigenvalue weighted by atomic mass is 9.94. The molecular formula is C19H33N3O. The number of anilines is 1. The Morgan fingerprint density at radius 2 is 1.87 bits per heavy atom. The summed E-state index contributed by atoms with van der Waals surface area (Å²) in [6.07, 6.45) is 2.97. The van der Waals surface area contributed by atoms with Crippen LogP contribution in [-0.2, 0) is 0 Å². The van der Waals surface area contributed by atoms with E-state index < -0.39 is 0 Å². The third-order valence-corrected chi connectivity index (χ3v) is 4.23. The minimum absolute atomic E-state index is 0.206. The molecule has 0 heterocycles. The molecule has 0 saturated carbocycles. The van der Waals surface area contributed by atoms with Gasteiger partial charge in [0.25, 0.3) is 0 Å². The van der Waals surface area contributed by atoms with Crippen LogP contribution in [0.3, 0.4) is 0 Å². The van der Waals surface area contributed by atoms with Crippen molar-refractivity contribution in [2.75, 3.05) is 18.5 Å². The zero-order chi connectivity index (χ0) is 17.2. The molecule has 0 aromatic heterocycles. The third kappa shape index (κ3) is 7.51. The summed E-state index contributed by atoms with van der Waals surface area (Å²) < 4.78 is 0. The lowest BCUT2D eigenvalue weighted by Gasteiger charge is -2.16. The van der Waals surface area contributed by atoms with Crippen LogP contribution in [-0.4, -0.2) is 24.2 Å². The van der Waals surface area contributed by atoms with Crippen molar-refractivity contribution in [1.82, 2.24) is 0 Å². The smallest absolute Gasteiger partial charge is 0.193 e. The quantitative estimate of drug-likeness (QED) is 0.476. The minimum atomic E-state index is 0.206. The van der Waals surface area contributed by atoms with Gasteiger partial charge in [0.15, 0.2) is 5.96 Å². The monoisotopic (exact) mass is 319 g/mol. The fourth-order valence-electron chi connectivity index (χ4n) is 2.68. The summed E-state index contributed by atoms with van der Waals surface area (Å²) in [5.74, 6) is 2.00. The summed E-state index contributed by atoms with van der Waals surface area (Å²) in [5.41, 5.74) is 8.28. The Bertz CT molecular complexity index is 468. The molecule has 0 aliphatic rings. The second kappa shape index (κ2) is 10.3. The molecule has 1 aromatic rings. The highest BCUT2D eigenvalue weighted by atomic mass is 16.3. The molecule has 1 aromatic carbocycles. The number of nitrogens with zero attached hydrogens (tertiary/aromatic N) is 1. The van der Waals surface area contributed by atoms with Crippen molar-refractivity contribution in [1.29, 1.82) is 0 Å². The lowest BCUT2D eigenvalue weighted by Crippen LogP contribution is -2.24. The number of benzene rings is 1. The van der Waals surface area contributed by atoms with Crippen molar-refractivity contribution in [2.45, 2.75) is 52.9 Å². The molecule has 2 atom stereocenters. The first kappa shape index (κ1) is 19.5. The maximum atomic E-state index is 9.15. The molecule has 2 unspecified atom stereocenters. The van der Waals surface area contributed by atoms with Gasteiger partial charge in [0, 0.05) is 18.8 Å². The van der Waals surface area contributed by atoms with E-state index in [0.717, 1.165) is 24.9 Å². The Hall–Kier alpha value is -1.55. The van der Waals surface area contributed by atoms with Crippen molar-refractivity contribution < 1.29 is 5.11 Å². The van der Waals surface area contributed by atoms with E-state index in [2.05, 4.69) is 50.1 Å². The predicted octanol–water partition coefficient (Wildman–Crippen LogP) is 3.97. The molecule has 0 aliphatic carbocycles. The summed E-state index contributed by atoms with van der Waals surface area (Å²) in [4.78, 5) is 4.44. The van der Waals surface area contributed by atoms with Crippen molar-refractivity contribution in [3.63, 3.8) is 0 Å². The van der Waals surface area contributed by atoms with Crippen LogP contribution >= 0.6 is 0 Å². The lowest BCUT2D eigenvalue weighted by molar-refractivity contribution is 0.246. The van der Waals surface area contributed by atoms with Crippen LogP contribution in [0.5, 0.6) is 0 Å². The van der Waals surface area contributed by atoms with Crippen molar-refractivity contribution in [2.24, 2.45) is 22.6 Å². The van der Waals surface area contributed by atoms with Gasteiger partial charge >= 0.3 is 0 Å². The molecule has 4 nitrogen and oxygen atoms in total. The highest BCUT2D eigenvalue weighted by molar-refractivity contribution is 5.92. The molecule has 130 valence electrons. The van der Waals surface area contributed by atoms with Gasteiger partial charge in [-0.15, -0.1) is 0 Å². The van der Waals surface area contributed by atoms with Crippen LogP contribution in [0, 0.1) is 11.8 Å². The van der Waals surface area contributed by atoms with Crippen LogP contribution in [0.1, 0.15) is 58.4 Å². The van der Waals surface area contributed by atoms with Gasteiger partial charge in [-0.1, -0.05) is 39.8 Å². The average Bonchev–Trinajstić information content (AvgIpc) is 2.52. The van der Waals surface area contributed by atoms with Gasteiger partial charge in [-0.3, -0.25) is 4.99 Å². The fraction of sp³-hybridized carbons (Fsp3) is 0.632. The van der Waals surface area contributed by atoms with Crippen LogP contribution in [0.4, 0.5) is 5.69 Å². The molecule has 0 fully saturated rings. The summed E-state index contributed by atoms with van der Waals surface area (Å²) in [6.45, 7) is 9.67. The Morgan fingerprint density at radius 1 is 1.22 bits per heavy atom. The van der Waals surface area contributed by atoms with Gasteiger partial charge in [0.05, 0.1) is 0 Å². The molecule has 0 radical (unpaired) electrons. The van der Waals surface area contributed by atoms with E-state index in [-0.39, 0.29) is 6.61 Å². The fourth-order valence-corrected chi connectivity index (χ4v) is 2.68. The molecule has 0 amide bonds. The van der Waals surface area contributed by atoms with Crippen LogP contribution < -0.4 is 11.1 Å². The highest BCUT2D eigenvalue weighted by Gasteiger charge is 2.10. The average molecular weight is 319 g/mol. The number of nitrogens with two attached hydrogens (primary N) is 1. The first-order valence-electron chi connectivity index (χ1n) is 8.74. The zero-order valence-corrected chi connectivity index (χ0v) is 15.0. The highest BCUT2D eigenvalue weighted by Crippen LogP contribution is 2.20. The molecule has 23 heavy (non-hydrogen) atoms. The molecular weight excluding hydrogens is 286 g/mol. The third-order valence-electron chi connectivity index (χ3n) is 4.23. The SMILES string of the molecule is CCC(C)c1ccc(NC(N)=NCC(CCO)CC(C)C)cc1. The molecule has 4 heteroatoms. The Labute approximate surface area is 141 Å². The Kier molecular flexibility index (Phi) is 8.70. The van der Waals surface area contributed by atoms with Gasteiger partial charge in [-0.25, -0.2) is 0 Å². The molecule has 0 aliphatic heterocycles. The molecule has 0 bridgehead atoms. The van der Waals surface area contributed by atoms with Gasteiger partial charge in [-0.05, 0) is 54.7 Å². The van der Waals surface area contributed by atoms with Gasteiger partial charge in [0.1, 0.15) is 0 Å². The number of aliphatic imine (C=N–C) groups is 1. The number of hydrogen-bond acceptors (Lipinski definition) is 2. The second-order valence-corrected chi connectivity index (χ2v) is 6.79. The predicted molar refractivity (Wildman–Crippen MR) is 99.9 cm³/mol. The first-order valence-corrected chi connectivity index (χ1v) is 8.74. The largest absolute Gasteiger partial charge is 0.396 e.